The van der Waals surface area contributed by atoms with Gasteiger partial charge in [-0.3, -0.25) is 4.79 Å². The first-order valence-corrected chi connectivity index (χ1v) is 9.73. The van der Waals surface area contributed by atoms with Crippen molar-refractivity contribution in [3.8, 4) is 29.9 Å². The Hall–Kier alpha value is -3.97. The number of benzene rings is 1. The van der Waals surface area contributed by atoms with Crippen LogP contribution in [0, 0.1) is 37.5 Å². The lowest BCUT2D eigenvalue weighted by atomic mass is 10.0. The molecule has 0 bridgehead atoms. The molecule has 2 rings (SSSR count). The summed E-state index contributed by atoms with van der Waals surface area (Å²) in [4.78, 5) is 28.1. The molecule has 7 heteroatoms. The zero-order chi connectivity index (χ0) is 23.0. The smallest absolute Gasteiger partial charge is 0.340 e. The first kappa shape index (κ1) is 23.3. The molecular weight excluding hydrogens is 396 g/mol. The molecule has 0 radical (unpaired) electrons. The van der Waals surface area contributed by atoms with E-state index in [1.807, 2.05) is 13.0 Å². The van der Waals surface area contributed by atoms with Crippen molar-refractivity contribution in [1.29, 1.82) is 5.26 Å². The largest absolute Gasteiger partial charge is 0.490 e. The standard InChI is InChI=1S/C24H24N2O5/c1-6-11-31-19-10-9-17(13-20(19)29-7-2)12-18(14-25)23(27)22-15(4)21(16(5)26-22)24(28)30-8-3/h1,9-10,12-13,26H,7-8,11H2,2-5H3/b18-12+. The fraction of sp³-hybridized carbons (Fsp3) is 0.292. The number of aromatic nitrogens is 1. The highest BCUT2D eigenvalue weighted by molar-refractivity contribution is 6.15. The number of H-pyrrole nitrogens is 1. The summed E-state index contributed by atoms with van der Waals surface area (Å²) in [6.07, 6.45) is 6.69. The fourth-order valence-electron chi connectivity index (χ4n) is 3.06. The van der Waals surface area contributed by atoms with Crippen molar-refractivity contribution in [2.75, 3.05) is 19.8 Å². The van der Waals surface area contributed by atoms with Gasteiger partial charge in [0.05, 0.1) is 24.5 Å². The minimum atomic E-state index is -0.524. The quantitative estimate of drug-likeness (QED) is 0.216. The molecule has 0 saturated carbocycles. The molecule has 0 amide bonds. The van der Waals surface area contributed by atoms with Crippen LogP contribution in [0.2, 0.25) is 0 Å². The van der Waals surface area contributed by atoms with E-state index < -0.39 is 11.8 Å². The van der Waals surface area contributed by atoms with Crippen LogP contribution in [0.5, 0.6) is 11.5 Å². The highest BCUT2D eigenvalue weighted by Crippen LogP contribution is 2.30. The van der Waals surface area contributed by atoms with Crippen LogP contribution in [0.4, 0.5) is 0 Å². The number of hydrogen-bond donors (Lipinski definition) is 1. The van der Waals surface area contributed by atoms with E-state index in [-0.39, 0.29) is 24.5 Å². The number of carbonyl (C=O) groups is 2. The van der Waals surface area contributed by atoms with Gasteiger partial charge in [-0.1, -0.05) is 12.0 Å². The molecular formula is C24H24N2O5. The van der Waals surface area contributed by atoms with Crippen LogP contribution in [-0.4, -0.2) is 36.6 Å². The molecule has 0 spiro atoms. The minimum Gasteiger partial charge on any atom is -0.490 e. The van der Waals surface area contributed by atoms with E-state index in [4.69, 9.17) is 20.6 Å². The Bertz CT molecular complexity index is 1100. The van der Waals surface area contributed by atoms with Gasteiger partial charge in [0, 0.05) is 5.69 Å². The van der Waals surface area contributed by atoms with Gasteiger partial charge in [-0.15, -0.1) is 6.42 Å². The van der Waals surface area contributed by atoms with Gasteiger partial charge >= 0.3 is 5.97 Å². The predicted molar refractivity (Wildman–Crippen MR) is 116 cm³/mol. The third kappa shape index (κ3) is 5.34. The molecule has 1 aromatic heterocycles. The Morgan fingerprint density at radius 1 is 1.16 bits per heavy atom. The van der Waals surface area contributed by atoms with Gasteiger partial charge in [-0.25, -0.2) is 4.79 Å². The second kappa shape index (κ2) is 10.7. The molecule has 0 unspecified atom stereocenters. The lowest BCUT2D eigenvalue weighted by Gasteiger charge is -2.11. The van der Waals surface area contributed by atoms with Gasteiger partial charge in [0.2, 0.25) is 5.78 Å². The van der Waals surface area contributed by atoms with Gasteiger partial charge in [0.15, 0.2) is 11.5 Å². The van der Waals surface area contributed by atoms with Gasteiger partial charge < -0.3 is 19.2 Å². The SMILES string of the molecule is C#CCOc1ccc(/C=C(\C#N)C(=O)c2[nH]c(C)c(C(=O)OCC)c2C)cc1OCC. The second-order valence-electron chi connectivity index (χ2n) is 6.48. The number of Topliss-reactive ketones (excluding diaryl/α,β-unsaturated/α-hetero) is 1. The number of esters is 1. The van der Waals surface area contributed by atoms with Crippen LogP contribution in [-0.2, 0) is 4.74 Å². The van der Waals surface area contributed by atoms with Crippen molar-refractivity contribution in [2.24, 2.45) is 0 Å². The number of ether oxygens (including phenoxy) is 3. The topological polar surface area (TPSA) is 101 Å². The Labute approximate surface area is 181 Å². The maximum absolute atomic E-state index is 13.0. The van der Waals surface area contributed by atoms with Crippen molar-refractivity contribution in [2.45, 2.75) is 27.7 Å². The number of hydrogen-bond acceptors (Lipinski definition) is 6. The van der Waals surface area contributed by atoms with Gasteiger partial charge in [-0.05, 0) is 57.0 Å². The Morgan fingerprint density at radius 2 is 1.90 bits per heavy atom. The average Bonchev–Trinajstić information content (AvgIpc) is 3.05. The van der Waals surface area contributed by atoms with Crippen molar-refractivity contribution in [1.82, 2.24) is 4.98 Å². The van der Waals surface area contributed by atoms with Gasteiger partial charge in [0.1, 0.15) is 18.2 Å². The molecule has 31 heavy (non-hydrogen) atoms. The van der Waals surface area contributed by atoms with Crippen LogP contribution in [0.25, 0.3) is 6.08 Å². The molecule has 0 aliphatic rings. The summed E-state index contributed by atoms with van der Waals surface area (Å²) in [6.45, 7) is 7.57. The van der Waals surface area contributed by atoms with Crippen LogP contribution in [0.15, 0.2) is 23.8 Å². The number of aryl methyl sites for hydroxylation is 1. The number of nitriles is 1. The zero-order valence-corrected chi connectivity index (χ0v) is 18.0. The van der Waals surface area contributed by atoms with Gasteiger partial charge in [-0.2, -0.15) is 5.26 Å². The van der Waals surface area contributed by atoms with Crippen molar-refractivity contribution < 1.29 is 23.8 Å². The van der Waals surface area contributed by atoms with Crippen LogP contribution in [0.1, 0.15) is 51.5 Å². The molecule has 2 aromatic rings. The monoisotopic (exact) mass is 420 g/mol. The van der Waals surface area contributed by atoms with E-state index in [2.05, 4.69) is 10.9 Å². The van der Waals surface area contributed by atoms with Crippen LogP contribution < -0.4 is 9.47 Å². The highest BCUT2D eigenvalue weighted by atomic mass is 16.5. The molecule has 160 valence electrons. The van der Waals surface area contributed by atoms with E-state index in [0.717, 1.165) is 0 Å². The summed E-state index contributed by atoms with van der Waals surface area (Å²) in [5, 5.41) is 9.60. The number of aromatic amines is 1. The van der Waals surface area contributed by atoms with Crippen LogP contribution >= 0.6 is 0 Å². The second-order valence-corrected chi connectivity index (χ2v) is 6.48. The van der Waals surface area contributed by atoms with Crippen molar-refractivity contribution >= 4 is 17.8 Å². The van der Waals surface area contributed by atoms with E-state index in [1.54, 1.807) is 39.0 Å². The third-order valence-corrected chi connectivity index (χ3v) is 4.40. The first-order chi connectivity index (χ1) is 14.9. The lowest BCUT2D eigenvalue weighted by molar-refractivity contribution is 0.0525. The third-order valence-electron chi connectivity index (χ3n) is 4.40. The molecule has 1 N–H and O–H groups in total. The maximum atomic E-state index is 13.0. The average molecular weight is 420 g/mol. The van der Waals surface area contributed by atoms with Gasteiger partial charge in [0.25, 0.3) is 0 Å². The molecule has 0 aliphatic carbocycles. The van der Waals surface area contributed by atoms with E-state index in [9.17, 15) is 14.9 Å². The number of allylic oxidation sites excluding steroid dienone is 1. The number of ketones is 1. The Balaban J connectivity index is 2.42. The van der Waals surface area contributed by atoms with E-state index >= 15 is 0 Å². The van der Waals surface area contributed by atoms with Crippen molar-refractivity contribution in [3.05, 3.63) is 51.9 Å². The fourth-order valence-corrected chi connectivity index (χ4v) is 3.06. The maximum Gasteiger partial charge on any atom is 0.340 e. The summed E-state index contributed by atoms with van der Waals surface area (Å²) in [6, 6.07) is 6.95. The summed E-state index contributed by atoms with van der Waals surface area (Å²) >= 11 is 0. The lowest BCUT2D eigenvalue weighted by Crippen LogP contribution is -2.08. The predicted octanol–water partition coefficient (Wildman–Crippen LogP) is 4.01. The highest BCUT2D eigenvalue weighted by Gasteiger charge is 2.24. The minimum absolute atomic E-state index is 0.0887. The number of nitrogens with one attached hydrogen (secondary N) is 1. The molecule has 0 atom stereocenters. The molecule has 0 saturated heterocycles. The summed E-state index contributed by atoms with van der Waals surface area (Å²) in [5.74, 6) is 2.27. The normalized spacial score (nSPS) is 10.7. The Kier molecular flexibility index (Phi) is 8.05. The zero-order valence-electron chi connectivity index (χ0n) is 18.0. The summed E-state index contributed by atoms with van der Waals surface area (Å²) in [7, 11) is 0. The number of carbonyl (C=O) groups excluding carboxylic acids is 2. The number of terminal acetylenes is 1. The first-order valence-electron chi connectivity index (χ1n) is 9.73. The number of rotatable bonds is 9. The van der Waals surface area contributed by atoms with E-state index in [1.165, 1.54) is 6.08 Å². The Morgan fingerprint density at radius 3 is 2.52 bits per heavy atom. The molecule has 1 aromatic carbocycles. The number of nitrogens with zero attached hydrogens (tertiary/aromatic N) is 1. The molecule has 0 aliphatic heterocycles. The summed E-state index contributed by atoms with van der Waals surface area (Å²) in [5.41, 5.74) is 1.90. The molecule has 7 nitrogen and oxygen atoms in total. The molecule has 1 heterocycles. The van der Waals surface area contributed by atoms with E-state index in [0.29, 0.717) is 40.5 Å². The summed E-state index contributed by atoms with van der Waals surface area (Å²) < 4.78 is 16.1. The van der Waals surface area contributed by atoms with Crippen LogP contribution in [0.3, 0.4) is 0 Å². The van der Waals surface area contributed by atoms with Crippen molar-refractivity contribution in [3.63, 3.8) is 0 Å². The molecule has 0 fully saturated rings.